The average molecular weight is 264 g/mol. The third kappa shape index (κ3) is 2.03. The summed E-state index contributed by atoms with van der Waals surface area (Å²) in [6.07, 6.45) is 9.44. The van der Waals surface area contributed by atoms with Crippen molar-refractivity contribution in [1.82, 2.24) is 0 Å². The van der Waals surface area contributed by atoms with Crippen LogP contribution in [0.25, 0.3) is 0 Å². The highest BCUT2D eigenvalue weighted by atomic mass is 35.5. The summed E-state index contributed by atoms with van der Waals surface area (Å²) in [5, 5.41) is 0.669. The van der Waals surface area contributed by atoms with Crippen molar-refractivity contribution in [3.63, 3.8) is 0 Å². The second kappa shape index (κ2) is 4.58. The molecule has 18 heavy (non-hydrogen) atoms. The number of fused-ring (bicyclic) bond motifs is 1. The molecule has 0 atom stereocenters. The fourth-order valence-electron chi connectivity index (χ4n) is 3.16. The minimum absolute atomic E-state index is 0.157. The number of nitrogens with zero attached hydrogens (tertiary/aromatic N) is 1. The zero-order valence-corrected chi connectivity index (χ0v) is 11.5. The minimum Gasteiger partial charge on any atom is -0.495 e. The van der Waals surface area contributed by atoms with Gasteiger partial charge in [-0.05, 0) is 42.5 Å². The average Bonchev–Trinajstić information content (AvgIpc) is 2.40. The summed E-state index contributed by atoms with van der Waals surface area (Å²) < 4.78 is 5.31. The lowest BCUT2D eigenvalue weighted by atomic mass is 9.76. The van der Waals surface area contributed by atoms with Crippen molar-refractivity contribution in [2.24, 2.45) is 4.99 Å². The molecule has 1 fully saturated rings. The zero-order valence-electron chi connectivity index (χ0n) is 10.7. The van der Waals surface area contributed by atoms with Crippen LogP contribution < -0.4 is 4.74 Å². The molecule has 0 unspecified atom stereocenters. The van der Waals surface area contributed by atoms with Gasteiger partial charge in [-0.3, -0.25) is 4.99 Å². The van der Waals surface area contributed by atoms with Gasteiger partial charge in [0.25, 0.3) is 0 Å². The van der Waals surface area contributed by atoms with E-state index in [4.69, 9.17) is 21.3 Å². The molecule has 0 amide bonds. The number of hydrogen-bond donors (Lipinski definition) is 0. The van der Waals surface area contributed by atoms with Crippen molar-refractivity contribution >= 4 is 17.8 Å². The number of halogens is 1. The van der Waals surface area contributed by atoms with Crippen LogP contribution in [0.2, 0.25) is 5.02 Å². The van der Waals surface area contributed by atoms with Crippen LogP contribution in [0.3, 0.4) is 0 Å². The largest absolute Gasteiger partial charge is 0.495 e. The van der Waals surface area contributed by atoms with Gasteiger partial charge in [0.15, 0.2) is 0 Å². The Morgan fingerprint density at radius 3 is 2.72 bits per heavy atom. The van der Waals surface area contributed by atoms with Gasteiger partial charge in [-0.25, -0.2) is 0 Å². The Kier molecular flexibility index (Phi) is 3.06. The minimum atomic E-state index is 0.157. The van der Waals surface area contributed by atoms with Crippen LogP contribution >= 0.6 is 11.6 Å². The van der Waals surface area contributed by atoms with Gasteiger partial charge in [0.1, 0.15) is 5.75 Å². The van der Waals surface area contributed by atoms with E-state index in [-0.39, 0.29) is 5.54 Å². The van der Waals surface area contributed by atoms with Crippen molar-refractivity contribution in [3.05, 3.63) is 28.3 Å². The molecule has 2 aliphatic rings. The van der Waals surface area contributed by atoms with Crippen molar-refractivity contribution < 1.29 is 4.74 Å². The summed E-state index contributed by atoms with van der Waals surface area (Å²) in [4.78, 5) is 4.83. The molecular formula is C15H18ClNO. The van der Waals surface area contributed by atoms with E-state index in [9.17, 15) is 0 Å². The predicted octanol–water partition coefficient (Wildman–Crippen LogP) is 4.03. The summed E-state index contributed by atoms with van der Waals surface area (Å²) in [7, 11) is 1.67. The molecule has 0 radical (unpaired) electrons. The first-order valence-electron chi connectivity index (χ1n) is 6.64. The number of ether oxygens (including phenoxy) is 1. The van der Waals surface area contributed by atoms with Gasteiger partial charge in [0.2, 0.25) is 0 Å². The maximum Gasteiger partial charge on any atom is 0.137 e. The van der Waals surface area contributed by atoms with Gasteiger partial charge < -0.3 is 4.74 Å². The molecule has 1 aliphatic heterocycles. The lowest BCUT2D eigenvalue weighted by Crippen LogP contribution is -2.34. The Labute approximate surface area is 113 Å². The Bertz CT molecular complexity index is 490. The van der Waals surface area contributed by atoms with Gasteiger partial charge in [-0.15, -0.1) is 0 Å². The van der Waals surface area contributed by atoms with E-state index in [2.05, 4.69) is 6.07 Å². The Morgan fingerprint density at radius 1 is 1.22 bits per heavy atom. The van der Waals surface area contributed by atoms with Crippen molar-refractivity contribution in [2.45, 2.75) is 44.1 Å². The van der Waals surface area contributed by atoms with E-state index in [0.717, 1.165) is 17.7 Å². The van der Waals surface area contributed by atoms with Crippen molar-refractivity contribution in [2.75, 3.05) is 7.11 Å². The first-order chi connectivity index (χ1) is 8.72. The van der Waals surface area contributed by atoms with Gasteiger partial charge in [0.05, 0.1) is 17.7 Å². The van der Waals surface area contributed by atoms with E-state index in [0.29, 0.717) is 5.02 Å². The van der Waals surface area contributed by atoms with Crippen LogP contribution in [0.4, 0.5) is 0 Å². The standard InChI is InChI=1S/C15H18ClNO/c1-18-14-8-11-9-15(5-3-2-4-6-15)17-10-12(11)7-13(14)16/h7-8,10H,2-6,9H2,1H3. The molecule has 96 valence electrons. The van der Waals surface area contributed by atoms with E-state index < -0.39 is 0 Å². The van der Waals surface area contributed by atoms with Crippen molar-refractivity contribution in [1.29, 1.82) is 0 Å². The monoisotopic (exact) mass is 263 g/mol. The number of hydrogen-bond acceptors (Lipinski definition) is 2. The molecule has 3 rings (SSSR count). The van der Waals surface area contributed by atoms with Gasteiger partial charge in [-0.2, -0.15) is 0 Å². The lowest BCUT2D eigenvalue weighted by molar-refractivity contribution is 0.295. The summed E-state index contributed by atoms with van der Waals surface area (Å²) >= 11 is 6.15. The molecule has 1 aromatic rings. The van der Waals surface area contributed by atoms with Crippen LogP contribution in [-0.2, 0) is 6.42 Å². The molecule has 1 saturated carbocycles. The van der Waals surface area contributed by atoms with E-state index in [1.807, 2.05) is 12.3 Å². The zero-order chi connectivity index (χ0) is 12.6. The van der Waals surface area contributed by atoms with Gasteiger partial charge in [-0.1, -0.05) is 30.9 Å². The molecule has 1 spiro atoms. The fourth-order valence-corrected chi connectivity index (χ4v) is 3.41. The number of methoxy groups -OCH3 is 1. The quantitative estimate of drug-likeness (QED) is 0.750. The fraction of sp³-hybridized carbons (Fsp3) is 0.533. The number of rotatable bonds is 1. The number of aliphatic imine (C=N–C) groups is 1. The lowest BCUT2D eigenvalue weighted by Gasteiger charge is -2.36. The summed E-state index contributed by atoms with van der Waals surface area (Å²) in [5.41, 5.74) is 2.63. The molecule has 0 N–H and O–H groups in total. The molecule has 1 heterocycles. The second-order valence-corrected chi connectivity index (χ2v) is 5.81. The Hall–Kier alpha value is -1.02. The first kappa shape index (κ1) is 12.0. The normalized spacial score (nSPS) is 20.8. The van der Waals surface area contributed by atoms with Gasteiger partial charge in [0, 0.05) is 6.21 Å². The predicted molar refractivity (Wildman–Crippen MR) is 75.1 cm³/mol. The van der Waals surface area contributed by atoms with E-state index in [1.165, 1.54) is 37.7 Å². The van der Waals surface area contributed by atoms with Crippen LogP contribution in [0.1, 0.15) is 43.2 Å². The second-order valence-electron chi connectivity index (χ2n) is 5.41. The van der Waals surface area contributed by atoms with Crippen LogP contribution in [0, 0.1) is 0 Å². The van der Waals surface area contributed by atoms with Crippen LogP contribution in [-0.4, -0.2) is 18.9 Å². The summed E-state index contributed by atoms with van der Waals surface area (Å²) in [6.45, 7) is 0. The van der Waals surface area contributed by atoms with E-state index in [1.54, 1.807) is 7.11 Å². The number of benzene rings is 1. The smallest absolute Gasteiger partial charge is 0.137 e. The molecular weight excluding hydrogens is 246 g/mol. The molecule has 2 nitrogen and oxygen atoms in total. The third-order valence-corrected chi connectivity index (χ3v) is 4.49. The topological polar surface area (TPSA) is 21.6 Å². The van der Waals surface area contributed by atoms with Crippen molar-refractivity contribution in [3.8, 4) is 5.75 Å². The SMILES string of the molecule is COc1cc2c(cc1Cl)C=NC1(CCCCC1)C2. The third-order valence-electron chi connectivity index (χ3n) is 4.19. The van der Waals surface area contributed by atoms with Gasteiger partial charge >= 0.3 is 0 Å². The van der Waals surface area contributed by atoms with Crippen LogP contribution in [0.15, 0.2) is 17.1 Å². The molecule has 0 saturated heterocycles. The Morgan fingerprint density at radius 2 is 2.00 bits per heavy atom. The maximum atomic E-state index is 6.15. The highest BCUT2D eigenvalue weighted by Gasteiger charge is 2.34. The summed E-state index contributed by atoms with van der Waals surface area (Å²) in [6, 6.07) is 4.05. The van der Waals surface area contributed by atoms with Crippen LogP contribution in [0.5, 0.6) is 5.75 Å². The molecule has 1 aliphatic carbocycles. The highest BCUT2D eigenvalue weighted by molar-refractivity contribution is 6.32. The highest BCUT2D eigenvalue weighted by Crippen LogP contribution is 2.39. The molecule has 0 bridgehead atoms. The molecule has 1 aromatic carbocycles. The molecule has 0 aromatic heterocycles. The van der Waals surface area contributed by atoms with E-state index >= 15 is 0 Å². The molecule has 3 heteroatoms. The summed E-state index contributed by atoms with van der Waals surface area (Å²) in [5.74, 6) is 0.775. The Balaban J connectivity index is 1.96. The maximum absolute atomic E-state index is 6.15. The first-order valence-corrected chi connectivity index (χ1v) is 7.02.